The zero-order chi connectivity index (χ0) is 13.3. The molecule has 1 aliphatic rings. The molecule has 1 aliphatic heterocycles. The van der Waals surface area contributed by atoms with Crippen molar-refractivity contribution in [2.75, 3.05) is 13.1 Å². The number of rotatable bonds is 2. The maximum atomic E-state index is 12.4. The summed E-state index contributed by atoms with van der Waals surface area (Å²) >= 11 is 0. The smallest absolute Gasteiger partial charge is 0.275 e. The van der Waals surface area contributed by atoms with E-state index in [1.807, 2.05) is 13.8 Å². The number of nitrogens with zero attached hydrogens (tertiary/aromatic N) is 3. The molecule has 0 aromatic carbocycles. The summed E-state index contributed by atoms with van der Waals surface area (Å²) in [5.74, 6) is -0.245. The number of aryl methyl sites for hydroxylation is 2. The quantitative estimate of drug-likeness (QED) is 0.808. The molecule has 1 saturated heterocycles. The van der Waals surface area contributed by atoms with E-state index in [4.69, 9.17) is 0 Å². The zero-order valence-corrected chi connectivity index (χ0v) is 10.9. The molecule has 0 aliphatic carbocycles. The molecule has 1 unspecified atom stereocenters. The maximum Gasteiger partial charge on any atom is 0.275 e. The van der Waals surface area contributed by atoms with E-state index in [0.29, 0.717) is 25.2 Å². The van der Waals surface area contributed by atoms with Gasteiger partial charge >= 0.3 is 0 Å². The third kappa shape index (κ3) is 2.10. The van der Waals surface area contributed by atoms with Crippen LogP contribution >= 0.6 is 0 Å². The lowest BCUT2D eigenvalue weighted by Crippen LogP contribution is -2.57. The molecule has 1 fully saturated rings. The molecule has 1 atom stereocenters. The van der Waals surface area contributed by atoms with E-state index < -0.39 is 0 Å². The largest absolute Gasteiger partial charge is 0.353 e. The van der Waals surface area contributed by atoms with E-state index in [-0.39, 0.29) is 17.9 Å². The molecule has 2 heterocycles. The lowest BCUT2D eigenvalue weighted by Gasteiger charge is -2.33. The zero-order valence-electron chi connectivity index (χ0n) is 10.9. The number of piperazine rings is 1. The topological polar surface area (TPSA) is 67.2 Å². The molecule has 1 N–H and O–H groups in total. The van der Waals surface area contributed by atoms with Gasteiger partial charge in [-0.15, -0.1) is 0 Å². The summed E-state index contributed by atoms with van der Waals surface area (Å²) in [7, 11) is 1.80. The van der Waals surface area contributed by atoms with Gasteiger partial charge in [0.1, 0.15) is 6.04 Å². The predicted molar refractivity (Wildman–Crippen MR) is 66.1 cm³/mol. The first-order valence-corrected chi connectivity index (χ1v) is 6.14. The van der Waals surface area contributed by atoms with Gasteiger partial charge in [0.25, 0.3) is 5.91 Å². The highest BCUT2D eigenvalue weighted by atomic mass is 16.2. The number of hydrogen-bond donors (Lipinski definition) is 1. The summed E-state index contributed by atoms with van der Waals surface area (Å²) < 4.78 is 1.66. The Morgan fingerprint density at radius 1 is 1.61 bits per heavy atom. The number of hydrogen-bond acceptors (Lipinski definition) is 3. The highest BCUT2D eigenvalue weighted by Crippen LogP contribution is 2.13. The van der Waals surface area contributed by atoms with Crippen LogP contribution in [0.4, 0.5) is 0 Å². The fourth-order valence-corrected chi connectivity index (χ4v) is 2.18. The van der Waals surface area contributed by atoms with Gasteiger partial charge in [0.2, 0.25) is 5.91 Å². The van der Waals surface area contributed by atoms with E-state index in [2.05, 4.69) is 10.4 Å². The first-order valence-electron chi connectivity index (χ1n) is 6.14. The second-order valence-corrected chi connectivity index (χ2v) is 4.51. The van der Waals surface area contributed by atoms with Gasteiger partial charge in [-0.1, -0.05) is 6.92 Å². The van der Waals surface area contributed by atoms with Gasteiger partial charge in [-0.25, -0.2) is 0 Å². The van der Waals surface area contributed by atoms with Crippen molar-refractivity contribution in [2.45, 2.75) is 26.3 Å². The van der Waals surface area contributed by atoms with Crippen LogP contribution < -0.4 is 5.32 Å². The molecule has 0 radical (unpaired) electrons. The second kappa shape index (κ2) is 4.80. The van der Waals surface area contributed by atoms with Crippen LogP contribution in [0.1, 0.15) is 29.5 Å². The second-order valence-electron chi connectivity index (χ2n) is 4.51. The molecule has 18 heavy (non-hydrogen) atoms. The predicted octanol–water partition coefficient (Wildman–Crippen LogP) is 0.0791. The van der Waals surface area contributed by atoms with Gasteiger partial charge in [0, 0.05) is 25.8 Å². The molecule has 0 saturated carbocycles. The summed E-state index contributed by atoms with van der Waals surface area (Å²) in [4.78, 5) is 25.7. The maximum absolute atomic E-state index is 12.4. The molecule has 6 nitrogen and oxygen atoms in total. The van der Waals surface area contributed by atoms with E-state index >= 15 is 0 Å². The SMILES string of the molecule is CCC1C(=O)NCCN1C(=O)c1cc(C)n(C)n1. The molecule has 0 spiro atoms. The Bertz CT molecular complexity index is 461. The molecule has 1 aromatic heterocycles. The van der Waals surface area contributed by atoms with E-state index in [0.717, 1.165) is 5.69 Å². The van der Waals surface area contributed by atoms with Crippen molar-refractivity contribution in [1.82, 2.24) is 20.0 Å². The average Bonchev–Trinajstić information content (AvgIpc) is 2.68. The highest BCUT2D eigenvalue weighted by Gasteiger charge is 2.33. The van der Waals surface area contributed by atoms with Crippen LogP contribution in [0.25, 0.3) is 0 Å². The molecule has 0 bridgehead atoms. The van der Waals surface area contributed by atoms with E-state index in [1.165, 1.54) is 0 Å². The van der Waals surface area contributed by atoms with Crippen LogP contribution in [0.5, 0.6) is 0 Å². The fraction of sp³-hybridized carbons (Fsp3) is 0.583. The highest BCUT2D eigenvalue weighted by molar-refractivity contribution is 5.96. The Morgan fingerprint density at radius 2 is 2.33 bits per heavy atom. The van der Waals surface area contributed by atoms with Crippen molar-refractivity contribution in [1.29, 1.82) is 0 Å². The number of carbonyl (C=O) groups excluding carboxylic acids is 2. The summed E-state index contributed by atoms with van der Waals surface area (Å²) in [6.07, 6.45) is 0.614. The van der Waals surface area contributed by atoms with Gasteiger partial charge in [-0.2, -0.15) is 5.10 Å². The number of aromatic nitrogens is 2. The average molecular weight is 250 g/mol. The third-order valence-corrected chi connectivity index (χ3v) is 3.31. The third-order valence-electron chi connectivity index (χ3n) is 3.31. The van der Waals surface area contributed by atoms with Crippen LogP contribution in [-0.4, -0.2) is 45.6 Å². The minimum atomic E-state index is -0.381. The first-order chi connectivity index (χ1) is 8.54. The van der Waals surface area contributed by atoms with Crippen molar-refractivity contribution in [3.05, 3.63) is 17.5 Å². The summed E-state index contributed by atoms with van der Waals surface area (Å²) in [5.41, 5.74) is 1.33. The minimum Gasteiger partial charge on any atom is -0.353 e. The molecule has 1 aromatic rings. The van der Waals surface area contributed by atoms with Gasteiger partial charge in [-0.3, -0.25) is 14.3 Å². The summed E-state index contributed by atoms with van der Waals surface area (Å²) in [5, 5.41) is 6.95. The Morgan fingerprint density at radius 3 is 2.89 bits per heavy atom. The number of amides is 2. The van der Waals surface area contributed by atoms with Crippen LogP contribution in [0.3, 0.4) is 0 Å². The van der Waals surface area contributed by atoms with Crippen molar-refractivity contribution in [3.8, 4) is 0 Å². The molecule has 98 valence electrons. The lowest BCUT2D eigenvalue weighted by molar-refractivity contribution is -0.127. The van der Waals surface area contributed by atoms with Crippen LogP contribution in [0, 0.1) is 6.92 Å². The fourth-order valence-electron chi connectivity index (χ4n) is 2.18. The van der Waals surface area contributed by atoms with E-state index in [9.17, 15) is 9.59 Å². The number of nitrogens with one attached hydrogen (secondary N) is 1. The lowest BCUT2D eigenvalue weighted by atomic mass is 10.1. The Labute approximate surface area is 106 Å². The van der Waals surface area contributed by atoms with Crippen LogP contribution in [0.15, 0.2) is 6.07 Å². The van der Waals surface area contributed by atoms with Gasteiger partial charge in [0.05, 0.1) is 0 Å². The monoisotopic (exact) mass is 250 g/mol. The Kier molecular flexibility index (Phi) is 3.36. The van der Waals surface area contributed by atoms with Gasteiger partial charge < -0.3 is 10.2 Å². The van der Waals surface area contributed by atoms with Crippen LogP contribution in [-0.2, 0) is 11.8 Å². The van der Waals surface area contributed by atoms with Gasteiger partial charge in [-0.05, 0) is 19.4 Å². The first kappa shape index (κ1) is 12.6. The van der Waals surface area contributed by atoms with Crippen molar-refractivity contribution >= 4 is 11.8 Å². The normalized spacial score (nSPS) is 19.8. The standard InChI is InChI=1S/C12H18N4O2/c1-4-10-11(17)13-5-6-16(10)12(18)9-7-8(2)15(3)14-9/h7,10H,4-6H2,1-3H3,(H,13,17). The molecule has 2 amide bonds. The summed E-state index contributed by atoms with van der Waals surface area (Å²) in [6, 6.07) is 1.37. The van der Waals surface area contributed by atoms with Gasteiger partial charge in [0.15, 0.2) is 5.69 Å². The number of carbonyl (C=O) groups is 2. The van der Waals surface area contributed by atoms with Crippen molar-refractivity contribution < 1.29 is 9.59 Å². The minimum absolute atomic E-state index is 0.0789. The molecule has 2 rings (SSSR count). The van der Waals surface area contributed by atoms with Crippen LogP contribution in [0.2, 0.25) is 0 Å². The van der Waals surface area contributed by atoms with Crippen molar-refractivity contribution in [2.24, 2.45) is 7.05 Å². The molecule has 6 heteroatoms. The Hall–Kier alpha value is -1.85. The van der Waals surface area contributed by atoms with E-state index in [1.54, 1.807) is 22.7 Å². The van der Waals surface area contributed by atoms with Crippen molar-refractivity contribution in [3.63, 3.8) is 0 Å². The molecular weight excluding hydrogens is 232 g/mol. The summed E-state index contributed by atoms with van der Waals surface area (Å²) in [6.45, 7) is 4.84. The Balaban J connectivity index is 2.24. The molecular formula is C12H18N4O2.